The van der Waals surface area contributed by atoms with Crippen LogP contribution in [-0.2, 0) is 14.6 Å². The van der Waals surface area contributed by atoms with Gasteiger partial charge in [0.2, 0.25) is 33.4 Å². The van der Waals surface area contributed by atoms with Crippen molar-refractivity contribution in [3.05, 3.63) is 47.3 Å². The van der Waals surface area contributed by atoms with Crippen molar-refractivity contribution in [2.45, 2.75) is 18.2 Å². The number of rotatable bonds is 5. The van der Waals surface area contributed by atoms with E-state index in [1.807, 2.05) is 0 Å². The minimum atomic E-state index is -4.31. The molecule has 0 aliphatic carbocycles. The second-order valence-electron chi connectivity index (χ2n) is 6.99. The van der Waals surface area contributed by atoms with Gasteiger partial charge in [-0.25, -0.2) is 8.42 Å². The van der Waals surface area contributed by atoms with Gasteiger partial charge in [-0.05, 0) is 12.1 Å². The summed E-state index contributed by atoms with van der Waals surface area (Å²) in [6, 6.07) is 9.54. The number of carbonyl (C=O) groups is 1. The van der Waals surface area contributed by atoms with Gasteiger partial charge in [-0.2, -0.15) is 0 Å². The zero-order chi connectivity index (χ0) is 22.5. The molecule has 5 rings (SSSR count). The van der Waals surface area contributed by atoms with Crippen LogP contribution in [0.2, 0.25) is 0 Å². The standard InChI is InChI=1S/C20H16N4O7S/c1-2-11(25)9-24-13-7-15-16(30-10-29-15)8-17(13)32(27,28)19(20(24)26)22-21-18-12-5-3-4-6-14(12)31-23-18/h3-8,26H,2,9-10H2,1H3. The summed E-state index contributed by atoms with van der Waals surface area (Å²) < 4.78 is 42.4. The maximum atomic E-state index is 13.3. The zero-order valence-corrected chi connectivity index (χ0v) is 17.5. The predicted molar refractivity (Wildman–Crippen MR) is 111 cm³/mol. The monoisotopic (exact) mass is 456 g/mol. The van der Waals surface area contributed by atoms with Gasteiger partial charge in [0, 0.05) is 18.6 Å². The molecular formula is C20H16N4O7S. The molecule has 164 valence electrons. The molecule has 1 N–H and O–H groups in total. The lowest BCUT2D eigenvalue weighted by molar-refractivity contribution is -0.117. The van der Waals surface area contributed by atoms with Gasteiger partial charge in [0.15, 0.2) is 22.9 Å². The molecule has 0 bridgehead atoms. The largest absolute Gasteiger partial charge is 0.492 e. The second kappa shape index (κ2) is 7.34. The van der Waals surface area contributed by atoms with Crippen LogP contribution >= 0.6 is 0 Å². The van der Waals surface area contributed by atoms with E-state index in [1.165, 1.54) is 17.0 Å². The SMILES string of the molecule is CCC(=O)CN1C(O)=C(N=Nc2noc3ccccc23)S(=O)(=O)c2cc3c(cc21)OCO3. The summed E-state index contributed by atoms with van der Waals surface area (Å²) in [6.07, 6.45) is 0.193. The molecule has 3 aromatic rings. The highest BCUT2D eigenvalue weighted by Gasteiger charge is 2.40. The summed E-state index contributed by atoms with van der Waals surface area (Å²) in [5, 5.41) is 22.1. The third-order valence-electron chi connectivity index (χ3n) is 5.06. The average molecular weight is 456 g/mol. The van der Waals surface area contributed by atoms with Crippen molar-refractivity contribution in [1.82, 2.24) is 5.16 Å². The van der Waals surface area contributed by atoms with E-state index < -0.39 is 20.7 Å². The summed E-state index contributed by atoms with van der Waals surface area (Å²) in [4.78, 5) is 13.1. The maximum Gasteiger partial charge on any atom is 0.242 e. The first kappa shape index (κ1) is 20.0. The molecule has 0 spiro atoms. The summed E-state index contributed by atoms with van der Waals surface area (Å²) in [5.74, 6) is -0.370. The molecule has 2 aromatic carbocycles. The van der Waals surface area contributed by atoms with Crippen molar-refractivity contribution in [3.8, 4) is 11.5 Å². The number of hydrogen-bond donors (Lipinski definition) is 1. The van der Waals surface area contributed by atoms with Crippen LogP contribution in [0.5, 0.6) is 11.5 Å². The number of aromatic nitrogens is 1. The number of Topliss-reactive ketones (excluding diaryl/α,β-unsaturated/α-hetero) is 1. The Morgan fingerprint density at radius 1 is 1.19 bits per heavy atom. The topological polar surface area (TPSA) is 144 Å². The van der Waals surface area contributed by atoms with Gasteiger partial charge in [-0.1, -0.05) is 24.2 Å². The smallest absolute Gasteiger partial charge is 0.242 e. The lowest BCUT2D eigenvalue weighted by Gasteiger charge is -2.29. The van der Waals surface area contributed by atoms with Crippen LogP contribution in [0.4, 0.5) is 11.5 Å². The highest BCUT2D eigenvalue weighted by molar-refractivity contribution is 7.95. The predicted octanol–water partition coefficient (Wildman–Crippen LogP) is 3.60. The van der Waals surface area contributed by atoms with Gasteiger partial charge in [0.25, 0.3) is 0 Å². The number of hydrogen-bond acceptors (Lipinski definition) is 11. The molecule has 32 heavy (non-hydrogen) atoms. The van der Waals surface area contributed by atoms with Crippen LogP contribution in [0.3, 0.4) is 0 Å². The van der Waals surface area contributed by atoms with E-state index in [0.29, 0.717) is 16.7 Å². The first-order valence-corrected chi connectivity index (χ1v) is 11.1. The third kappa shape index (κ3) is 3.07. The molecule has 12 heteroatoms. The van der Waals surface area contributed by atoms with E-state index in [1.54, 1.807) is 31.2 Å². The van der Waals surface area contributed by atoms with Crippen molar-refractivity contribution < 1.29 is 32.3 Å². The summed E-state index contributed by atoms with van der Waals surface area (Å²) in [5.41, 5.74) is 0.527. The van der Waals surface area contributed by atoms with Crippen molar-refractivity contribution >= 4 is 38.1 Å². The molecule has 0 saturated carbocycles. The van der Waals surface area contributed by atoms with Gasteiger partial charge >= 0.3 is 0 Å². The number of fused-ring (bicyclic) bond motifs is 3. The third-order valence-corrected chi connectivity index (χ3v) is 6.74. The summed E-state index contributed by atoms with van der Waals surface area (Å²) in [6.45, 7) is 1.33. The molecule has 11 nitrogen and oxygen atoms in total. The van der Waals surface area contributed by atoms with Crippen molar-refractivity contribution in [2.75, 3.05) is 18.2 Å². The Kier molecular flexibility index (Phi) is 4.59. The Labute approximate surface area is 181 Å². The maximum absolute atomic E-state index is 13.3. The number of aliphatic hydroxyl groups is 1. The van der Waals surface area contributed by atoms with Gasteiger partial charge in [0.05, 0.1) is 17.6 Å². The van der Waals surface area contributed by atoms with E-state index in [9.17, 15) is 18.3 Å². The highest BCUT2D eigenvalue weighted by Crippen LogP contribution is 2.46. The van der Waals surface area contributed by atoms with E-state index in [0.717, 1.165) is 0 Å². The number of anilines is 1. The van der Waals surface area contributed by atoms with Crippen LogP contribution in [0, 0.1) is 0 Å². The number of benzene rings is 2. The molecule has 0 unspecified atom stereocenters. The van der Waals surface area contributed by atoms with E-state index in [2.05, 4.69) is 15.4 Å². The minimum absolute atomic E-state index is 0.0452. The number of ether oxygens (including phenoxy) is 2. The molecule has 3 heterocycles. The Morgan fingerprint density at radius 3 is 2.72 bits per heavy atom. The quantitative estimate of drug-likeness (QED) is 0.569. The van der Waals surface area contributed by atoms with Crippen molar-refractivity contribution in [3.63, 3.8) is 0 Å². The van der Waals surface area contributed by atoms with Gasteiger partial charge in [0.1, 0.15) is 4.90 Å². The number of aliphatic hydroxyl groups excluding tert-OH is 1. The molecule has 0 amide bonds. The Balaban J connectivity index is 1.65. The number of carbonyl (C=O) groups excluding carboxylic acids is 1. The molecule has 1 aromatic heterocycles. The normalized spacial score (nSPS) is 16.7. The van der Waals surface area contributed by atoms with E-state index >= 15 is 0 Å². The molecule has 2 aliphatic rings. The van der Waals surface area contributed by atoms with Gasteiger partial charge in [-0.15, -0.1) is 10.2 Å². The molecule has 0 fully saturated rings. The molecule has 0 saturated heterocycles. The number of para-hydroxylation sites is 1. The number of nitrogens with zero attached hydrogens (tertiary/aromatic N) is 4. The lowest BCUT2D eigenvalue weighted by Crippen LogP contribution is -2.34. The van der Waals surface area contributed by atoms with Crippen LogP contribution in [0.15, 0.2) is 67.0 Å². The lowest BCUT2D eigenvalue weighted by atomic mass is 10.2. The van der Waals surface area contributed by atoms with Crippen LogP contribution < -0.4 is 14.4 Å². The fourth-order valence-electron chi connectivity index (χ4n) is 3.38. The Morgan fingerprint density at radius 2 is 1.94 bits per heavy atom. The fraction of sp³-hybridized carbons (Fsp3) is 0.200. The number of sulfone groups is 1. The summed E-state index contributed by atoms with van der Waals surface area (Å²) >= 11 is 0. The first-order chi connectivity index (χ1) is 15.4. The number of azo groups is 1. The molecule has 0 radical (unpaired) electrons. The van der Waals surface area contributed by atoms with E-state index in [-0.39, 0.29) is 47.7 Å². The van der Waals surface area contributed by atoms with Crippen LogP contribution in [-0.4, -0.2) is 37.8 Å². The number of ketones is 1. The van der Waals surface area contributed by atoms with Crippen molar-refractivity contribution in [2.24, 2.45) is 10.2 Å². The average Bonchev–Trinajstić information content (AvgIpc) is 3.42. The Hall–Kier alpha value is -3.93. The first-order valence-electron chi connectivity index (χ1n) is 9.57. The highest BCUT2D eigenvalue weighted by atomic mass is 32.2. The fourth-order valence-corrected chi connectivity index (χ4v) is 4.79. The minimum Gasteiger partial charge on any atom is -0.492 e. The zero-order valence-electron chi connectivity index (χ0n) is 16.7. The van der Waals surface area contributed by atoms with E-state index in [4.69, 9.17) is 14.0 Å². The molecular weight excluding hydrogens is 440 g/mol. The molecule has 0 atom stereocenters. The van der Waals surface area contributed by atoms with Crippen LogP contribution in [0.25, 0.3) is 11.0 Å². The second-order valence-corrected chi connectivity index (χ2v) is 8.82. The van der Waals surface area contributed by atoms with Gasteiger partial charge in [-0.3, -0.25) is 4.79 Å². The summed E-state index contributed by atoms with van der Waals surface area (Å²) in [7, 11) is -4.31. The van der Waals surface area contributed by atoms with Crippen molar-refractivity contribution in [1.29, 1.82) is 0 Å². The molecule has 2 aliphatic heterocycles. The Bertz CT molecular complexity index is 1420. The van der Waals surface area contributed by atoms with Gasteiger partial charge < -0.3 is 24.0 Å². The van der Waals surface area contributed by atoms with Crippen LogP contribution in [0.1, 0.15) is 13.3 Å².